The van der Waals surface area contributed by atoms with Gasteiger partial charge in [0.05, 0.1) is 18.8 Å². The molecule has 3 aromatic rings. The molecule has 2 aliphatic heterocycles. The van der Waals surface area contributed by atoms with Crippen molar-refractivity contribution in [2.45, 2.75) is 50.2 Å². The number of fused-ring (bicyclic) bond motifs is 2. The number of tetrazole rings is 1. The lowest BCUT2D eigenvalue weighted by Crippen LogP contribution is -2.54. The molecule has 156 valence electrons. The van der Waals surface area contributed by atoms with Crippen molar-refractivity contribution in [3.8, 4) is 28.5 Å². The van der Waals surface area contributed by atoms with E-state index < -0.39 is 0 Å². The highest BCUT2D eigenvalue weighted by molar-refractivity contribution is 5.69. The Morgan fingerprint density at radius 2 is 1.90 bits per heavy atom. The summed E-state index contributed by atoms with van der Waals surface area (Å²) in [5, 5.41) is 34.8. The zero-order valence-corrected chi connectivity index (χ0v) is 17.1. The van der Waals surface area contributed by atoms with Gasteiger partial charge in [-0.2, -0.15) is 4.80 Å². The number of hydrogen-bond acceptors (Lipinski definition) is 9. The molecular weight excluding hydrogens is 382 g/mol. The van der Waals surface area contributed by atoms with E-state index in [0.29, 0.717) is 40.9 Å². The molecule has 2 bridgehead atoms. The van der Waals surface area contributed by atoms with Gasteiger partial charge in [0.15, 0.2) is 11.6 Å². The van der Waals surface area contributed by atoms with Crippen LogP contribution in [0.2, 0.25) is 0 Å². The highest BCUT2D eigenvalue weighted by Crippen LogP contribution is 2.32. The van der Waals surface area contributed by atoms with E-state index in [4.69, 9.17) is 0 Å². The molecule has 2 saturated heterocycles. The van der Waals surface area contributed by atoms with Crippen LogP contribution in [0.25, 0.3) is 22.8 Å². The summed E-state index contributed by atoms with van der Waals surface area (Å²) in [4.78, 5) is 8.03. The van der Waals surface area contributed by atoms with E-state index in [0.717, 1.165) is 18.7 Å². The van der Waals surface area contributed by atoms with Crippen LogP contribution in [0.1, 0.15) is 32.1 Å². The molecule has 0 spiro atoms. The van der Waals surface area contributed by atoms with Gasteiger partial charge < -0.3 is 15.3 Å². The second kappa shape index (κ2) is 7.60. The summed E-state index contributed by atoms with van der Waals surface area (Å²) in [6.07, 6.45) is 7.80. The monoisotopic (exact) mass is 407 g/mol. The summed E-state index contributed by atoms with van der Waals surface area (Å²) in [6, 6.07) is 6.78. The first kappa shape index (κ1) is 18.9. The van der Waals surface area contributed by atoms with Crippen molar-refractivity contribution in [3.05, 3.63) is 24.4 Å². The number of aryl methyl sites for hydroxylation is 1. The van der Waals surface area contributed by atoms with E-state index >= 15 is 0 Å². The van der Waals surface area contributed by atoms with Crippen molar-refractivity contribution in [3.63, 3.8) is 0 Å². The number of phenolic OH excluding ortho intramolecular Hbond substituents is 1. The van der Waals surface area contributed by atoms with Gasteiger partial charge >= 0.3 is 0 Å². The minimum atomic E-state index is 0.0500. The standard InChI is InChI=1S/C20H25N9O/c1-28(15-9-13-4-3-5-14(10-15)22-13)18-11-21-20(24-23-18)16-7-6-12(8-17(16)30)19-25-27-29(2)26-19/h6-8,11,13-15,22,30H,3-5,9-10H2,1-2H3/t13-,14+,15-. The number of nitrogens with one attached hydrogen (secondary N) is 1. The minimum Gasteiger partial charge on any atom is -0.507 e. The van der Waals surface area contributed by atoms with Gasteiger partial charge in [-0.15, -0.1) is 20.4 Å². The fourth-order valence-corrected chi connectivity index (χ4v) is 4.55. The summed E-state index contributed by atoms with van der Waals surface area (Å²) in [5.41, 5.74) is 1.19. The molecule has 10 heteroatoms. The number of phenols is 1. The van der Waals surface area contributed by atoms with Gasteiger partial charge in [-0.25, -0.2) is 4.98 Å². The van der Waals surface area contributed by atoms with Gasteiger partial charge in [0.25, 0.3) is 0 Å². The average Bonchev–Trinajstić information content (AvgIpc) is 3.19. The van der Waals surface area contributed by atoms with Gasteiger partial charge in [-0.05, 0) is 43.0 Å². The molecule has 0 aliphatic carbocycles. The van der Waals surface area contributed by atoms with Crippen LogP contribution in [0.3, 0.4) is 0 Å². The van der Waals surface area contributed by atoms with Gasteiger partial charge in [-0.1, -0.05) is 12.5 Å². The third-order valence-electron chi connectivity index (χ3n) is 6.15. The second-order valence-electron chi connectivity index (χ2n) is 8.20. The van der Waals surface area contributed by atoms with Crippen molar-refractivity contribution >= 4 is 5.82 Å². The predicted molar refractivity (Wildman–Crippen MR) is 111 cm³/mol. The number of aromatic hydroxyl groups is 1. The van der Waals surface area contributed by atoms with Crippen LogP contribution in [-0.4, -0.2) is 65.7 Å². The molecule has 1 aromatic carbocycles. The van der Waals surface area contributed by atoms with Crippen LogP contribution in [0.4, 0.5) is 5.82 Å². The third-order valence-corrected chi connectivity index (χ3v) is 6.15. The highest BCUT2D eigenvalue weighted by Gasteiger charge is 2.33. The van der Waals surface area contributed by atoms with Crippen LogP contribution in [0, 0.1) is 0 Å². The number of aromatic nitrogens is 7. The Kier molecular flexibility index (Phi) is 4.78. The van der Waals surface area contributed by atoms with Gasteiger partial charge in [0, 0.05) is 30.7 Å². The molecule has 2 aliphatic rings. The minimum absolute atomic E-state index is 0.0500. The van der Waals surface area contributed by atoms with Crippen molar-refractivity contribution < 1.29 is 5.11 Å². The van der Waals surface area contributed by atoms with E-state index in [2.05, 4.69) is 47.9 Å². The maximum absolute atomic E-state index is 10.5. The highest BCUT2D eigenvalue weighted by atomic mass is 16.3. The van der Waals surface area contributed by atoms with Crippen LogP contribution in [0.15, 0.2) is 24.4 Å². The first-order chi connectivity index (χ1) is 14.6. The summed E-state index contributed by atoms with van der Waals surface area (Å²) in [7, 11) is 3.76. The summed E-state index contributed by atoms with van der Waals surface area (Å²) in [5.74, 6) is 1.63. The number of benzene rings is 1. The molecule has 10 nitrogen and oxygen atoms in total. The lowest BCUT2D eigenvalue weighted by atomic mass is 9.83. The largest absolute Gasteiger partial charge is 0.507 e. The molecule has 5 rings (SSSR count). The Hall–Kier alpha value is -3.14. The molecule has 0 radical (unpaired) electrons. The maximum atomic E-state index is 10.5. The molecule has 2 N–H and O–H groups in total. The molecule has 3 atom stereocenters. The van der Waals surface area contributed by atoms with E-state index in [1.807, 2.05) is 6.07 Å². The van der Waals surface area contributed by atoms with Crippen molar-refractivity contribution in [1.82, 2.24) is 40.7 Å². The number of nitrogens with zero attached hydrogens (tertiary/aromatic N) is 8. The third kappa shape index (κ3) is 3.58. The summed E-state index contributed by atoms with van der Waals surface area (Å²) >= 11 is 0. The number of anilines is 1. The zero-order chi connectivity index (χ0) is 20.7. The number of rotatable bonds is 4. The van der Waals surface area contributed by atoms with Crippen molar-refractivity contribution in [2.75, 3.05) is 11.9 Å². The fraction of sp³-hybridized carbons (Fsp3) is 0.500. The quantitative estimate of drug-likeness (QED) is 0.664. The Morgan fingerprint density at radius 1 is 1.10 bits per heavy atom. The van der Waals surface area contributed by atoms with Crippen LogP contribution in [-0.2, 0) is 7.05 Å². The van der Waals surface area contributed by atoms with E-state index in [9.17, 15) is 5.11 Å². The summed E-state index contributed by atoms with van der Waals surface area (Å²) in [6.45, 7) is 0. The average molecular weight is 407 g/mol. The molecule has 30 heavy (non-hydrogen) atoms. The number of hydrogen-bond donors (Lipinski definition) is 2. The second-order valence-corrected chi connectivity index (χ2v) is 8.20. The Morgan fingerprint density at radius 3 is 2.53 bits per heavy atom. The molecule has 0 unspecified atom stereocenters. The number of piperidine rings is 2. The van der Waals surface area contributed by atoms with E-state index in [1.165, 1.54) is 24.1 Å². The van der Waals surface area contributed by atoms with Crippen LogP contribution in [0.5, 0.6) is 5.75 Å². The van der Waals surface area contributed by atoms with Gasteiger partial charge in [-0.3, -0.25) is 0 Å². The topological polar surface area (TPSA) is 118 Å². The first-order valence-corrected chi connectivity index (χ1v) is 10.3. The smallest absolute Gasteiger partial charge is 0.205 e. The predicted octanol–water partition coefficient (Wildman–Crippen LogP) is 1.54. The van der Waals surface area contributed by atoms with Crippen LogP contribution < -0.4 is 10.2 Å². The lowest BCUT2D eigenvalue weighted by molar-refractivity contribution is 0.219. The Balaban J connectivity index is 1.33. The first-order valence-electron chi connectivity index (χ1n) is 10.3. The van der Waals surface area contributed by atoms with Crippen molar-refractivity contribution in [1.29, 1.82) is 0 Å². The molecule has 0 saturated carbocycles. The Labute approximate surface area is 174 Å². The molecule has 2 aromatic heterocycles. The molecule has 4 heterocycles. The van der Waals surface area contributed by atoms with Crippen molar-refractivity contribution in [2.24, 2.45) is 7.05 Å². The zero-order valence-electron chi connectivity index (χ0n) is 17.1. The maximum Gasteiger partial charge on any atom is 0.205 e. The molecule has 0 amide bonds. The van der Waals surface area contributed by atoms with Crippen LogP contribution >= 0.6 is 0 Å². The lowest BCUT2D eigenvalue weighted by Gasteiger charge is -2.43. The van der Waals surface area contributed by atoms with E-state index in [-0.39, 0.29) is 5.75 Å². The van der Waals surface area contributed by atoms with E-state index in [1.54, 1.807) is 25.4 Å². The molecular formula is C20H25N9O. The summed E-state index contributed by atoms with van der Waals surface area (Å²) < 4.78 is 0. The van der Waals surface area contributed by atoms with Gasteiger partial charge in [0.2, 0.25) is 5.82 Å². The SMILES string of the molecule is CN(c1cnc(-c2ccc(-c3nnn(C)n3)cc2O)nn1)[C@@H]1C[C@H]2CCC[C@@H](C1)N2. The van der Waals surface area contributed by atoms with Gasteiger partial charge in [0.1, 0.15) is 5.75 Å². The molecule has 2 fully saturated rings. The fourth-order valence-electron chi connectivity index (χ4n) is 4.55. The normalized spacial score (nSPS) is 23.3. The Bertz CT molecular complexity index is 1020.